The maximum Gasteiger partial charge on any atom is 0.419 e. The average Bonchev–Trinajstić information content (AvgIpc) is 3.32. The maximum atomic E-state index is 13.8. The van der Waals surface area contributed by atoms with Crippen LogP contribution in [-0.4, -0.2) is 29.5 Å². The molecule has 0 atom stereocenters. The molecule has 2 aromatic carbocycles. The van der Waals surface area contributed by atoms with E-state index in [1.54, 1.807) is 23.0 Å². The third-order valence-corrected chi connectivity index (χ3v) is 5.61. The van der Waals surface area contributed by atoms with E-state index in [-0.39, 0.29) is 23.8 Å². The first-order chi connectivity index (χ1) is 18.5. The fourth-order valence-corrected chi connectivity index (χ4v) is 3.73. The van der Waals surface area contributed by atoms with Crippen LogP contribution in [0, 0.1) is 0 Å². The molecule has 0 bridgehead atoms. The van der Waals surface area contributed by atoms with Crippen molar-refractivity contribution in [3.8, 4) is 28.8 Å². The number of hydrogen-bond donors (Lipinski definition) is 0. The first-order valence-electron chi connectivity index (χ1n) is 10.8. The number of alkyl halides is 6. The van der Waals surface area contributed by atoms with Crippen molar-refractivity contribution < 1.29 is 35.8 Å². The lowest BCUT2D eigenvalue weighted by atomic mass is 10.1. The largest absolute Gasteiger partial charge is 0.473 e. The quantitative estimate of drug-likeness (QED) is 0.213. The molecule has 0 spiro atoms. The Kier molecular flexibility index (Phi) is 6.72. The van der Waals surface area contributed by atoms with Gasteiger partial charge in [-0.3, -0.25) is 4.40 Å². The highest BCUT2D eigenvalue weighted by atomic mass is 35.5. The van der Waals surface area contributed by atoms with Crippen LogP contribution in [0.4, 0.5) is 26.3 Å². The van der Waals surface area contributed by atoms with Gasteiger partial charge in [-0.15, -0.1) is 10.2 Å². The molecule has 0 saturated carbocycles. The van der Waals surface area contributed by atoms with Crippen molar-refractivity contribution in [3.05, 3.63) is 89.1 Å². The third kappa shape index (κ3) is 5.70. The summed E-state index contributed by atoms with van der Waals surface area (Å²) in [6.45, 7) is -0.306. The van der Waals surface area contributed by atoms with E-state index in [2.05, 4.69) is 25.1 Å². The molecule has 0 fully saturated rings. The van der Waals surface area contributed by atoms with Gasteiger partial charge in [0.1, 0.15) is 24.4 Å². The molecule has 3 aromatic heterocycles. The lowest BCUT2D eigenvalue weighted by molar-refractivity contribution is -0.139. The summed E-state index contributed by atoms with van der Waals surface area (Å²) in [5.74, 6) is -0.485. The molecule has 0 aliphatic heterocycles. The van der Waals surface area contributed by atoms with Crippen molar-refractivity contribution >= 4 is 17.4 Å². The van der Waals surface area contributed by atoms with E-state index >= 15 is 0 Å². The van der Waals surface area contributed by atoms with E-state index in [1.807, 2.05) is 0 Å². The molecule has 39 heavy (non-hydrogen) atoms. The molecule has 3 heterocycles. The second-order valence-electron chi connectivity index (χ2n) is 7.94. The molecule has 5 rings (SSSR count). The summed E-state index contributed by atoms with van der Waals surface area (Å²) in [5.41, 5.74) is -1.74. The predicted molar refractivity (Wildman–Crippen MR) is 124 cm³/mol. The van der Waals surface area contributed by atoms with Crippen molar-refractivity contribution in [2.75, 3.05) is 0 Å². The number of aromatic nitrogens is 6. The molecule has 0 saturated heterocycles. The first-order valence-corrected chi connectivity index (χ1v) is 11.2. The van der Waals surface area contributed by atoms with E-state index in [4.69, 9.17) is 21.1 Å². The Bertz CT molecular complexity index is 1640. The predicted octanol–water partition coefficient (Wildman–Crippen LogP) is 6.64. The number of halogens is 7. The Morgan fingerprint density at radius 2 is 1.59 bits per heavy atom. The van der Waals surface area contributed by atoms with Gasteiger partial charge in [-0.1, -0.05) is 17.7 Å². The lowest BCUT2D eigenvalue weighted by Gasteiger charge is -2.17. The van der Waals surface area contributed by atoms with E-state index in [0.717, 1.165) is 24.3 Å². The van der Waals surface area contributed by atoms with E-state index in [0.29, 0.717) is 17.5 Å². The van der Waals surface area contributed by atoms with E-state index < -0.39 is 40.0 Å². The zero-order valence-corrected chi connectivity index (χ0v) is 20.0. The maximum absolute atomic E-state index is 13.8. The molecule has 15 heteroatoms. The summed E-state index contributed by atoms with van der Waals surface area (Å²) in [7, 11) is 0. The number of benzene rings is 2. The number of ether oxygens (including phenoxy) is 2. The zero-order valence-electron chi connectivity index (χ0n) is 19.2. The highest BCUT2D eigenvalue weighted by molar-refractivity contribution is 6.31. The van der Waals surface area contributed by atoms with Crippen molar-refractivity contribution in [2.24, 2.45) is 0 Å². The van der Waals surface area contributed by atoms with Crippen LogP contribution in [0.25, 0.3) is 17.2 Å². The minimum Gasteiger partial charge on any atom is -0.473 e. The zero-order chi connectivity index (χ0) is 27.8. The van der Waals surface area contributed by atoms with Crippen molar-refractivity contribution in [2.45, 2.75) is 19.0 Å². The summed E-state index contributed by atoms with van der Waals surface area (Å²) in [4.78, 5) is 12.0. The number of nitrogens with zero attached hydrogens (tertiary/aromatic N) is 6. The molecular formula is C24H13ClF6N6O2. The van der Waals surface area contributed by atoms with Crippen LogP contribution in [-0.2, 0) is 19.0 Å². The Hall–Kier alpha value is -4.46. The normalized spacial score (nSPS) is 12.1. The topological polar surface area (TPSA) is 87.3 Å². The molecule has 8 nitrogen and oxygen atoms in total. The van der Waals surface area contributed by atoms with Crippen LogP contribution in [0.5, 0.6) is 17.4 Å². The van der Waals surface area contributed by atoms with Gasteiger partial charge >= 0.3 is 12.4 Å². The Morgan fingerprint density at radius 3 is 2.31 bits per heavy atom. The number of hydrogen-bond acceptors (Lipinski definition) is 7. The molecular weight excluding hydrogens is 554 g/mol. The van der Waals surface area contributed by atoms with Crippen LogP contribution < -0.4 is 9.47 Å². The van der Waals surface area contributed by atoms with Gasteiger partial charge < -0.3 is 9.47 Å². The van der Waals surface area contributed by atoms with Gasteiger partial charge in [0, 0.05) is 24.7 Å². The molecule has 0 unspecified atom stereocenters. The van der Waals surface area contributed by atoms with E-state index in [9.17, 15) is 26.3 Å². The van der Waals surface area contributed by atoms with Crippen molar-refractivity contribution in [3.63, 3.8) is 0 Å². The standard InChI is InChI=1S/C24H13ClF6N6O2/c25-18-3-2-15(8-16(18)23(26,27)28)39-19-4-1-13(7-17(19)24(29,30)31)11-38-20-5-6-37-21(35-36-22(37)34-20)14-9-32-12-33-10-14/h1-10,12H,11H2. The molecule has 0 radical (unpaired) electrons. The summed E-state index contributed by atoms with van der Waals surface area (Å²) < 4.78 is 93.0. The Labute approximate surface area is 219 Å². The van der Waals surface area contributed by atoms with Gasteiger partial charge in [-0.2, -0.15) is 31.3 Å². The third-order valence-electron chi connectivity index (χ3n) is 5.28. The van der Waals surface area contributed by atoms with Crippen LogP contribution >= 0.6 is 11.6 Å². The Balaban J connectivity index is 1.36. The van der Waals surface area contributed by atoms with Gasteiger partial charge in [0.15, 0.2) is 5.82 Å². The average molecular weight is 567 g/mol. The fraction of sp³-hybridized carbons (Fsp3) is 0.125. The highest BCUT2D eigenvalue weighted by Crippen LogP contribution is 2.41. The fourth-order valence-electron chi connectivity index (χ4n) is 3.51. The van der Waals surface area contributed by atoms with Crippen LogP contribution in [0.2, 0.25) is 5.02 Å². The van der Waals surface area contributed by atoms with Crippen molar-refractivity contribution in [1.82, 2.24) is 29.5 Å². The van der Waals surface area contributed by atoms with Gasteiger partial charge in [0.25, 0.3) is 5.78 Å². The number of fused-ring (bicyclic) bond motifs is 1. The van der Waals surface area contributed by atoms with Gasteiger partial charge in [-0.25, -0.2) is 9.97 Å². The highest BCUT2D eigenvalue weighted by Gasteiger charge is 2.36. The van der Waals surface area contributed by atoms with Gasteiger partial charge in [0.2, 0.25) is 5.88 Å². The minimum absolute atomic E-state index is 0.0699. The van der Waals surface area contributed by atoms with E-state index in [1.165, 1.54) is 18.5 Å². The second-order valence-corrected chi connectivity index (χ2v) is 8.35. The SMILES string of the molecule is FC(F)(F)c1cc(Oc2ccc(COc3ccn4c(-c5cncnc5)nnc4n3)cc2C(F)(F)F)ccc1Cl. The molecule has 0 aliphatic carbocycles. The summed E-state index contributed by atoms with van der Waals surface area (Å²) in [5, 5.41) is 7.39. The lowest BCUT2D eigenvalue weighted by Crippen LogP contribution is -2.09. The Morgan fingerprint density at radius 1 is 0.846 bits per heavy atom. The number of rotatable bonds is 6. The van der Waals surface area contributed by atoms with Crippen LogP contribution in [0.15, 0.2) is 67.4 Å². The second kappa shape index (κ2) is 10.0. The van der Waals surface area contributed by atoms with Gasteiger partial charge in [-0.05, 0) is 35.9 Å². The van der Waals surface area contributed by atoms with Gasteiger partial charge in [0.05, 0.1) is 21.7 Å². The first kappa shape index (κ1) is 26.2. The van der Waals surface area contributed by atoms with Crippen molar-refractivity contribution in [1.29, 1.82) is 0 Å². The minimum atomic E-state index is -4.87. The smallest absolute Gasteiger partial charge is 0.419 e. The molecule has 0 N–H and O–H groups in total. The summed E-state index contributed by atoms with van der Waals surface area (Å²) in [6.07, 6.45) is -3.67. The monoisotopic (exact) mass is 566 g/mol. The summed E-state index contributed by atoms with van der Waals surface area (Å²) >= 11 is 5.57. The molecule has 200 valence electrons. The molecule has 5 aromatic rings. The van der Waals surface area contributed by atoms with Crippen LogP contribution in [0.3, 0.4) is 0 Å². The molecule has 0 aliphatic rings. The van der Waals surface area contributed by atoms with Crippen LogP contribution in [0.1, 0.15) is 16.7 Å². The molecule has 0 amide bonds. The summed E-state index contributed by atoms with van der Waals surface area (Å²) in [6, 6.07) is 6.99.